The molecule has 0 saturated carbocycles. The van der Waals surface area contributed by atoms with Gasteiger partial charge in [-0.2, -0.15) is 0 Å². The van der Waals surface area contributed by atoms with Crippen molar-refractivity contribution in [2.24, 2.45) is 0 Å². The SMILES string of the molecule is [2H]c1cc([2H])c2sc3c(-c4cc(-c5nc(-c6ccccc6)nc(-c6ccc7oc8ccccc8c7c6)n5)ccc4-n4c5ccccc5c5ccccc54)c([2H])c([2H])c([2H])c3c2c1[2H]. The molecule has 4 aromatic heterocycles. The molecule has 0 aliphatic rings. The van der Waals surface area contributed by atoms with Crippen molar-refractivity contribution in [3.05, 3.63) is 182 Å². The summed E-state index contributed by atoms with van der Waals surface area (Å²) in [4.78, 5) is 15.2. The molecule has 4 heterocycles. The van der Waals surface area contributed by atoms with E-state index in [1.54, 1.807) is 0 Å². The molecule has 0 fully saturated rings. The highest BCUT2D eigenvalue weighted by Gasteiger charge is 2.21. The van der Waals surface area contributed by atoms with E-state index in [0.29, 0.717) is 49.3 Å². The van der Waals surface area contributed by atoms with E-state index in [-0.39, 0.29) is 47.0 Å². The Hall–Kier alpha value is -7.41. The highest BCUT2D eigenvalue weighted by atomic mass is 32.1. The van der Waals surface area contributed by atoms with Crippen LogP contribution >= 0.6 is 11.3 Å². The predicted octanol–water partition coefficient (Wildman–Crippen LogP) is 13.9. The van der Waals surface area contributed by atoms with Crippen LogP contribution in [0.25, 0.3) is 115 Å². The molecule has 12 aromatic rings. The van der Waals surface area contributed by atoms with Gasteiger partial charge in [-0.15, -0.1) is 11.3 Å². The molecule has 12 rings (SSSR count). The fourth-order valence-corrected chi connectivity index (χ4v) is 9.12. The van der Waals surface area contributed by atoms with Gasteiger partial charge in [-0.3, -0.25) is 0 Å². The zero-order valence-corrected chi connectivity index (χ0v) is 30.8. The Morgan fingerprint density at radius 1 is 0.456 bits per heavy atom. The molecule has 0 aliphatic carbocycles. The maximum atomic E-state index is 9.62. The molecular formula is C51H30N4OS. The van der Waals surface area contributed by atoms with Gasteiger partial charge in [0.25, 0.3) is 0 Å². The first-order valence-corrected chi connectivity index (χ1v) is 19.3. The molecule has 8 aromatic carbocycles. The molecule has 0 bridgehead atoms. The highest BCUT2D eigenvalue weighted by molar-refractivity contribution is 7.26. The molecule has 266 valence electrons. The van der Waals surface area contributed by atoms with Crippen molar-refractivity contribution >= 4 is 75.3 Å². The second-order valence-corrected chi connectivity index (χ2v) is 14.9. The molecule has 0 radical (unpaired) electrons. The Kier molecular flexibility index (Phi) is 5.82. The van der Waals surface area contributed by atoms with Crippen molar-refractivity contribution in [3.8, 4) is 51.0 Å². The minimum atomic E-state index is -0.312. The fraction of sp³-hybridized carbons (Fsp3) is 0. The highest BCUT2D eigenvalue weighted by Crippen LogP contribution is 2.44. The summed E-state index contributed by atoms with van der Waals surface area (Å²) in [5.74, 6) is 1.31. The van der Waals surface area contributed by atoms with Gasteiger partial charge in [0, 0.05) is 69.5 Å². The Labute approximate surface area is 339 Å². The number of thiophene rings is 1. The van der Waals surface area contributed by atoms with Gasteiger partial charge in [-0.05, 0) is 60.6 Å². The number of para-hydroxylation sites is 3. The van der Waals surface area contributed by atoms with Crippen LogP contribution in [0.5, 0.6) is 0 Å². The molecule has 0 amide bonds. The lowest BCUT2D eigenvalue weighted by Gasteiger charge is -2.17. The van der Waals surface area contributed by atoms with Crippen LogP contribution in [0.15, 0.2) is 186 Å². The average molecular weight is 753 g/mol. The van der Waals surface area contributed by atoms with Crippen LogP contribution in [0, 0.1) is 0 Å². The number of nitrogens with zero attached hydrogens (tertiary/aromatic N) is 4. The maximum Gasteiger partial charge on any atom is 0.164 e. The summed E-state index contributed by atoms with van der Waals surface area (Å²) in [5.41, 5.74) is 7.28. The van der Waals surface area contributed by atoms with E-state index >= 15 is 0 Å². The van der Waals surface area contributed by atoms with Crippen LogP contribution in [0.1, 0.15) is 8.22 Å². The first-order chi connectivity index (χ1) is 30.7. The van der Waals surface area contributed by atoms with Crippen LogP contribution in [-0.2, 0) is 0 Å². The number of rotatable bonds is 5. The second-order valence-electron chi connectivity index (χ2n) is 13.9. The predicted molar refractivity (Wildman–Crippen MR) is 236 cm³/mol. The summed E-state index contributed by atoms with van der Waals surface area (Å²) < 4.78 is 63.5. The lowest BCUT2D eigenvalue weighted by Crippen LogP contribution is -2.02. The zero-order valence-electron chi connectivity index (χ0n) is 36.0. The standard InChI is InChI=1S/C51H30N4OS/c1-2-13-31(14-3-1)49-52-50(54-51(53-49)33-26-28-46-41(30-33)36-17-6-10-23-45(36)56-46)32-25-27-44(55-42-21-8-4-15-34(42)35-16-5-9-22-43(35)55)40(29-32)39-20-12-19-38-37-18-7-11-24-47(37)57-48(38)39/h1-30H/i7D,12D,18D,19D,20D,24D. The van der Waals surface area contributed by atoms with Gasteiger partial charge in [0.05, 0.1) is 24.9 Å². The first-order valence-electron chi connectivity index (χ1n) is 21.5. The van der Waals surface area contributed by atoms with Gasteiger partial charge in [-0.25, -0.2) is 15.0 Å². The summed E-state index contributed by atoms with van der Waals surface area (Å²) in [5, 5.41) is 4.57. The van der Waals surface area contributed by atoms with E-state index in [4.69, 9.17) is 24.9 Å². The third-order valence-electron chi connectivity index (χ3n) is 10.6. The summed E-state index contributed by atoms with van der Waals surface area (Å²) in [7, 11) is 0. The van der Waals surface area contributed by atoms with E-state index in [0.717, 1.165) is 54.9 Å². The summed E-state index contributed by atoms with van der Waals surface area (Å²) in [6.45, 7) is 0. The quantitative estimate of drug-likeness (QED) is 0.176. The monoisotopic (exact) mass is 752 g/mol. The van der Waals surface area contributed by atoms with Gasteiger partial charge in [0.1, 0.15) is 11.2 Å². The molecule has 0 N–H and O–H groups in total. The Balaban J connectivity index is 1.18. The van der Waals surface area contributed by atoms with E-state index in [9.17, 15) is 2.74 Å². The van der Waals surface area contributed by atoms with Gasteiger partial charge in [0.15, 0.2) is 17.5 Å². The minimum Gasteiger partial charge on any atom is -0.456 e. The van der Waals surface area contributed by atoms with E-state index in [1.807, 2.05) is 115 Å². The largest absolute Gasteiger partial charge is 0.456 e. The van der Waals surface area contributed by atoms with Crippen molar-refractivity contribution in [2.75, 3.05) is 0 Å². The molecule has 0 unspecified atom stereocenters. The maximum absolute atomic E-state index is 9.62. The zero-order chi connectivity index (χ0) is 42.7. The van der Waals surface area contributed by atoms with Crippen LogP contribution in [0.2, 0.25) is 0 Å². The molecule has 5 nitrogen and oxygen atoms in total. The van der Waals surface area contributed by atoms with Crippen molar-refractivity contribution in [2.45, 2.75) is 0 Å². The third-order valence-corrected chi connectivity index (χ3v) is 11.8. The topological polar surface area (TPSA) is 56.7 Å². The molecule has 0 atom stereocenters. The van der Waals surface area contributed by atoms with Gasteiger partial charge in [0.2, 0.25) is 0 Å². The number of hydrogen-bond acceptors (Lipinski definition) is 5. The molecule has 0 spiro atoms. The summed E-state index contributed by atoms with van der Waals surface area (Å²) in [6.07, 6.45) is 0. The van der Waals surface area contributed by atoms with Crippen molar-refractivity contribution in [1.82, 2.24) is 19.5 Å². The van der Waals surface area contributed by atoms with Gasteiger partial charge < -0.3 is 8.98 Å². The van der Waals surface area contributed by atoms with Crippen LogP contribution in [-0.4, -0.2) is 19.5 Å². The summed E-state index contributed by atoms with van der Waals surface area (Å²) >= 11 is 1.21. The average Bonchev–Trinajstić information content (AvgIpc) is 4.01. The first kappa shape index (κ1) is 26.4. The van der Waals surface area contributed by atoms with Crippen LogP contribution in [0.3, 0.4) is 0 Å². The van der Waals surface area contributed by atoms with E-state index in [1.165, 1.54) is 17.4 Å². The number of fused-ring (bicyclic) bond motifs is 9. The molecule has 0 aliphatic heterocycles. The van der Waals surface area contributed by atoms with Gasteiger partial charge >= 0.3 is 0 Å². The Bertz CT molecular complexity index is 3840. The fourth-order valence-electron chi connectivity index (χ4n) is 8.03. The number of furan rings is 1. The molecule has 57 heavy (non-hydrogen) atoms. The van der Waals surface area contributed by atoms with Crippen LogP contribution < -0.4 is 0 Å². The van der Waals surface area contributed by atoms with Crippen molar-refractivity contribution < 1.29 is 12.6 Å². The molecule has 0 saturated heterocycles. The second kappa shape index (κ2) is 12.6. The van der Waals surface area contributed by atoms with Crippen molar-refractivity contribution in [1.29, 1.82) is 0 Å². The van der Waals surface area contributed by atoms with Gasteiger partial charge in [-0.1, -0.05) is 121 Å². The van der Waals surface area contributed by atoms with Crippen molar-refractivity contribution in [3.63, 3.8) is 0 Å². The third kappa shape index (κ3) is 5.04. The van der Waals surface area contributed by atoms with Crippen LogP contribution in [0.4, 0.5) is 0 Å². The number of aromatic nitrogens is 4. The minimum absolute atomic E-state index is 0.0553. The molecular weight excluding hydrogens is 717 g/mol. The Morgan fingerprint density at radius 3 is 1.88 bits per heavy atom. The normalized spacial score (nSPS) is 13.3. The number of hydrogen-bond donors (Lipinski definition) is 0. The number of benzene rings is 8. The Morgan fingerprint density at radius 2 is 1.09 bits per heavy atom. The summed E-state index contributed by atoms with van der Waals surface area (Å²) in [6, 6.07) is 46.2. The lowest BCUT2D eigenvalue weighted by molar-refractivity contribution is 0.669. The van der Waals surface area contributed by atoms with E-state index in [2.05, 4.69) is 28.8 Å². The van der Waals surface area contributed by atoms with E-state index < -0.39 is 0 Å². The lowest BCUT2D eigenvalue weighted by atomic mass is 9.98. The molecule has 6 heteroatoms. The smallest absolute Gasteiger partial charge is 0.164 e.